The van der Waals surface area contributed by atoms with Crippen molar-refractivity contribution in [1.29, 1.82) is 0 Å². The number of hydrogen-bond donors (Lipinski definition) is 0. The molecule has 0 saturated heterocycles. The van der Waals surface area contributed by atoms with Gasteiger partial charge in [-0.1, -0.05) is 37.6 Å². The molecule has 0 amide bonds. The van der Waals surface area contributed by atoms with Crippen molar-refractivity contribution in [3.8, 4) is 23.0 Å². The van der Waals surface area contributed by atoms with Crippen LogP contribution in [-0.4, -0.2) is 31.7 Å². The molecule has 3 aromatic carbocycles. The largest absolute Gasteiger partial charge is 2.00 e. The fourth-order valence-electron chi connectivity index (χ4n) is 6.35. The Bertz CT molecular complexity index is 2100. The van der Waals surface area contributed by atoms with Crippen LogP contribution in [0.15, 0.2) is 84.8 Å². The van der Waals surface area contributed by atoms with E-state index in [-0.39, 0.29) is 27.5 Å². The molecule has 3 atom stereocenters. The summed E-state index contributed by atoms with van der Waals surface area (Å²) in [6, 6.07) is 28.3. The third-order valence-electron chi connectivity index (χ3n) is 8.53. The fraction of sp³-hybridized carbons (Fsp3) is 0.243. The number of pyridine rings is 1. The van der Waals surface area contributed by atoms with Crippen LogP contribution in [0.25, 0.3) is 33.3 Å². The number of fused-ring (bicyclic) bond motifs is 3. The predicted molar refractivity (Wildman–Crippen MR) is 170 cm³/mol. The first kappa shape index (κ1) is 31.8. The van der Waals surface area contributed by atoms with Crippen molar-refractivity contribution in [2.24, 2.45) is 0 Å². The molecule has 7 rings (SSSR count). The van der Waals surface area contributed by atoms with E-state index in [1.54, 1.807) is 36.7 Å². The van der Waals surface area contributed by atoms with Gasteiger partial charge in [0, 0.05) is 40.9 Å². The number of alkyl halides is 2. The van der Waals surface area contributed by atoms with Gasteiger partial charge >= 0.3 is 21.1 Å². The third kappa shape index (κ3) is 5.57. The molecular formula is C37H31F3N4OPt. The molecule has 0 aliphatic heterocycles. The van der Waals surface area contributed by atoms with Gasteiger partial charge in [0.25, 0.3) is 0 Å². The molecule has 3 heterocycles. The molecule has 0 N–H and O–H groups in total. The van der Waals surface area contributed by atoms with E-state index in [1.807, 2.05) is 36.5 Å². The maximum Gasteiger partial charge on any atom is 2.00 e. The molecule has 9 heteroatoms. The first-order chi connectivity index (χ1) is 21.7. The van der Waals surface area contributed by atoms with Crippen LogP contribution in [0.2, 0.25) is 0 Å². The number of ether oxygens (including phenoxy) is 1. The second-order valence-corrected chi connectivity index (χ2v) is 11.8. The summed E-state index contributed by atoms with van der Waals surface area (Å²) in [7, 11) is 0. The molecule has 1 aliphatic carbocycles. The Labute approximate surface area is 280 Å². The van der Waals surface area contributed by atoms with Crippen LogP contribution >= 0.6 is 0 Å². The van der Waals surface area contributed by atoms with Gasteiger partial charge in [-0.25, -0.2) is 18.2 Å². The van der Waals surface area contributed by atoms with Crippen molar-refractivity contribution < 1.29 is 39.0 Å². The summed E-state index contributed by atoms with van der Waals surface area (Å²) >= 11 is 0. The molecule has 0 saturated carbocycles. The Morgan fingerprint density at radius 2 is 1.72 bits per heavy atom. The van der Waals surface area contributed by atoms with Gasteiger partial charge in [-0.15, -0.1) is 35.7 Å². The average Bonchev–Trinajstić information content (AvgIpc) is 3.50. The van der Waals surface area contributed by atoms with Crippen molar-refractivity contribution >= 4 is 21.8 Å². The zero-order valence-corrected chi connectivity index (χ0v) is 27.9. The van der Waals surface area contributed by atoms with Crippen molar-refractivity contribution in [3.63, 3.8) is 0 Å². The summed E-state index contributed by atoms with van der Waals surface area (Å²) in [5.74, 6) is 0.0764. The van der Waals surface area contributed by atoms with Crippen molar-refractivity contribution in [3.05, 3.63) is 119 Å². The standard InChI is InChI=1S/C37H31F3N4O.Pt/c1-21(2)24-14-15-41-35(16-24)43-33-11-6-5-10-29(33)30-13-12-28(20-34(30)43)45-27-9-7-8-26(19-27)44-23(4)36(22(3)42-44)37-31(39)17-25(38)18-32(37)40;/h5-17,21,25,32,37H,18H2,1-4H3;/q-2;+2/t25-,32-,37?;/m0./s1. The summed E-state index contributed by atoms with van der Waals surface area (Å²) < 4.78 is 53.4. The van der Waals surface area contributed by atoms with Gasteiger partial charge in [0.05, 0.1) is 11.6 Å². The molecule has 0 radical (unpaired) electrons. The summed E-state index contributed by atoms with van der Waals surface area (Å²) in [5, 5.41) is 6.69. The van der Waals surface area contributed by atoms with E-state index in [4.69, 9.17) is 9.72 Å². The fourth-order valence-corrected chi connectivity index (χ4v) is 6.35. The van der Waals surface area contributed by atoms with Crippen molar-refractivity contribution in [2.75, 3.05) is 0 Å². The number of nitrogens with zero attached hydrogens (tertiary/aromatic N) is 4. The number of halogens is 3. The monoisotopic (exact) mass is 799 g/mol. The molecule has 0 bridgehead atoms. The smallest absolute Gasteiger partial charge is 0.509 e. The van der Waals surface area contributed by atoms with Gasteiger partial charge in [-0.2, -0.15) is 17.2 Å². The number of para-hydroxylation sites is 1. The number of hydrogen-bond acceptors (Lipinski definition) is 3. The Balaban J connectivity index is 0.00000372. The van der Waals surface area contributed by atoms with E-state index in [9.17, 15) is 13.2 Å². The minimum Gasteiger partial charge on any atom is -0.509 e. The third-order valence-corrected chi connectivity index (χ3v) is 8.53. The van der Waals surface area contributed by atoms with Gasteiger partial charge in [0.1, 0.15) is 24.0 Å². The maximum absolute atomic E-state index is 14.9. The van der Waals surface area contributed by atoms with Gasteiger partial charge < -0.3 is 9.30 Å². The molecule has 5 nitrogen and oxygen atoms in total. The Kier molecular flexibility index (Phi) is 8.68. The zero-order valence-electron chi connectivity index (χ0n) is 25.7. The summed E-state index contributed by atoms with van der Waals surface area (Å²) in [6.45, 7) is 7.77. The van der Waals surface area contributed by atoms with E-state index in [2.05, 4.69) is 53.8 Å². The van der Waals surface area contributed by atoms with E-state index < -0.39 is 24.1 Å². The normalized spacial score (nSPS) is 18.2. The summed E-state index contributed by atoms with van der Waals surface area (Å²) in [4.78, 5) is 4.70. The summed E-state index contributed by atoms with van der Waals surface area (Å²) in [5.41, 5.74) is 5.04. The topological polar surface area (TPSA) is 44.9 Å². The van der Waals surface area contributed by atoms with Crippen LogP contribution in [0.3, 0.4) is 0 Å². The SMILES string of the molecule is Cc1nn(-c2[c-]c(Oc3[c-]c4c(cc3)c3ccccc3n4-c3cc(C(C)C)ccn3)ccc2)c(C)c1C1C(F)=C[C@H](F)C[C@@H]1F.[Pt+2]. The Morgan fingerprint density at radius 3 is 2.50 bits per heavy atom. The van der Waals surface area contributed by atoms with Gasteiger partial charge in [0.15, 0.2) is 0 Å². The van der Waals surface area contributed by atoms with Crippen molar-refractivity contribution in [1.82, 2.24) is 19.3 Å². The van der Waals surface area contributed by atoms with E-state index in [0.717, 1.165) is 33.7 Å². The van der Waals surface area contributed by atoms with Crippen molar-refractivity contribution in [2.45, 2.75) is 58.3 Å². The minimum atomic E-state index is -1.68. The zero-order chi connectivity index (χ0) is 31.4. The molecule has 1 unspecified atom stereocenters. The molecule has 0 fully saturated rings. The number of benzene rings is 3. The first-order valence-electron chi connectivity index (χ1n) is 15.0. The van der Waals surface area contributed by atoms with Crippen LogP contribution < -0.4 is 4.74 Å². The minimum absolute atomic E-state index is 0. The predicted octanol–water partition coefficient (Wildman–Crippen LogP) is 9.51. The molecular weight excluding hydrogens is 769 g/mol. The van der Waals surface area contributed by atoms with Crippen LogP contribution in [0, 0.1) is 26.0 Å². The quantitative estimate of drug-likeness (QED) is 0.158. The van der Waals surface area contributed by atoms with Crippen LogP contribution in [0.4, 0.5) is 13.2 Å². The average molecular weight is 800 g/mol. The Hall–Kier alpha value is -4.16. The number of rotatable bonds is 6. The van der Waals surface area contributed by atoms with Gasteiger partial charge in [-0.3, -0.25) is 4.68 Å². The number of aromatic nitrogens is 4. The molecule has 3 aromatic heterocycles. The maximum atomic E-state index is 14.9. The molecule has 0 spiro atoms. The molecule has 46 heavy (non-hydrogen) atoms. The van der Waals surface area contributed by atoms with E-state index in [1.165, 1.54) is 5.56 Å². The second kappa shape index (κ2) is 12.6. The van der Waals surface area contributed by atoms with Gasteiger partial charge in [0.2, 0.25) is 0 Å². The first-order valence-corrected chi connectivity index (χ1v) is 15.0. The Morgan fingerprint density at radius 1 is 0.935 bits per heavy atom. The van der Waals surface area contributed by atoms with Gasteiger partial charge in [-0.05, 0) is 60.7 Å². The number of aryl methyl sites for hydroxylation is 1. The molecule has 236 valence electrons. The summed E-state index contributed by atoms with van der Waals surface area (Å²) in [6.07, 6.45) is -0.991. The van der Waals surface area contributed by atoms with Crippen LogP contribution in [0.5, 0.6) is 11.5 Å². The number of allylic oxidation sites excluding steroid dienone is 2. The van der Waals surface area contributed by atoms with Crippen LogP contribution in [0.1, 0.15) is 54.6 Å². The molecule has 6 aromatic rings. The van der Waals surface area contributed by atoms with E-state index in [0.29, 0.717) is 40.1 Å². The van der Waals surface area contributed by atoms with Crippen LogP contribution in [-0.2, 0) is 21.1 Å². The second-order valence-electron chi connectivity index (χ2n) is 11.8. The molecule has 1 aliphatic rings. The van der Waals surface area contributed by atoms with E-state index >= 15 is 0 Å².